The van der Waals surface area contributed by atoms with E-state index in [0.29, 0.717) is 25.8 Å². The number of carbonyl (C=O) groups is 4. The average Bonchev–Trinajstić information content (AvgIpc) is 2.71. The minimum atomic E-state index is -1.24. The van der Waals surface area contributed by atoms with Gasteiger partial charge in [-0.1, -0.05) is 20.3 Å². The first-order valence-corrected chi connectivity index (χ1v) is 10.6. The van der Waals surface area contributed by atoms with Crippen molar-refractivity contribution in [2.75, 3.05) is 12.3 Å². The summed E-state index contributed by atoms with van der Waals surface area (Å²) in [5.74, 6) is -3.39. The molecule has 0 saturated heterocycles. The minimum absolute atomic E-state index is 0.0475. The Kier molecular flexibility index (Phi) is 13.3. The second-order valence-electron chi connectivity index (χ2n) is 7.24. The fourth-order valence-corrected chi connectivity index (χ4v) is 2.71. The number of nitrogens with one attached hydrogen (secondary N) is 3. The number of rotatable bonds is 14. The third-order valence-electron chi connectivity index (χ3n) is 4.65. The molecule has 10 N–H and O–H groups in total. The van der Waals surface area contributed by atoms with Gasteiger partial charge in [0.05, 0.1) is 6.04 Å². The molecule has 13 heteroatoms. The second kappa shape index (κ2) is 14.5. The molecule has 0 aliphatic carbocycles. The lowest BCUT2D eigenvalue weighted by molar-refractivity contribution is -0.141. The van der Waals surface area contributed by atoms with E-state index in [4.69, 9.17) is 22.3 Å². The van der Waals surface area contributed by atoms with Crippen LogP contribution in [0.25, 0.3) is 0 Å². The molecule has 0 bridgehead atoms. The van der Waals surface area contributed by atoms with Gasteiger partial charge < -0.3 is 38.3 Å². The third kappa shape index (κ3) is 10.9. The maximum atomic E-state index is 12.7. The highest BCUT2D eigenvalue weighted by Gasteiger charge is 2.30. The van der Waals surface area contributed by atoms with Gasteiger partial charge in [0, 0.05) is 12.3 Å². The van der Waals surface area contributed by atoms with E-state index in [1.807, 2.05) is 6.92 Å². The summed E-state index contributed by atoms with van der Waals surface area (Å²) in [6, 6.07) is -3.99. The Morgan fingerprint density at radius 2 is 1.65 bits per heavy atom. The molecule has 5 unspecified atom stereocenters. The van der Waals surface area contributed by atoms with Crippen LogP contribution in [0.2, 0.25) is 0 Å². The van der Waals surface area contributed by atoms with E-state index >= 15 is 0 Å². The first-order chi connectivity index (χ1) is 14.4. The van der Waals surface area contributed by atoms with Crippen LogP contribution in [0.3, 0.4) is 0 Å². The van der Waals surface area contributed by atoms with Crippen molar-refractivity contribution in [2.45, 2.75) is 64.2 Å². The highest BCUT2D eigenvalue weighted by atomic mass is 32.1. The van der Waals surface area contributed by atoms with Crippen LogP contribution in [0.1, 0.15) is 40.0 Å². The molecule has 12 nitrogen and oxygen atoms in total. The van der Waals surface area contributed by atoms with Crippen molar-refractivity contribution in [1.82, 2.24) is 16.0 Å². The van der Waals surface area contributed by atoms with Gasteiger partial charge in [-0.25, -0.2) is 4.79 Å². The standard InChI is InChI=1S/C18H35N7O5S/c1-4-9(2)13(25-15(27)11(19)6-5-7-22-18(20)21)16(28)23-10(3)14(26)24-12(8-31)17(29)30/h9-13,31H,4-8,19H2,1-3H3,(H,23,28)(H,24,26)(H,25,27)(H,29,30)(H4,20,21,22). The van der Waals surface area contributed by atoms with E-state index in [-0.39, 0.29) is 17.6 Å². The Hall–Kier alpha value is -2.54. The van der Waals surface area contributed by atoms with E-state index in [9.17, 15) is 19.2 Å². The van der Waals surface area contributed by atoms with Crippen LogP contribution >= 0.6 is 12.6 Å². The van der Waals surface area contributed by atoms with Crippen LogP contribution in [0.15, 0.2) is 4.99 Å². The summed E-state index contributed by atoms with van der Waals surface area (Å²) in [5, 5.41) is 16.4. The van der Waals surface area contributed by atoms with Gasteiger partial charge in [-0.3, -0.25) is 19.4 Å². The van der Waals surface area contributed by atoms with Crippen molar-refractivity contribution in [3.05, 3.63) is 0 Å². The average molecular weight is 462 g/mol. The van der Waals surface area contributed by atoms with E-state index in [1.165, 1.54) is 6.92 Å². The number of carbonyl (C=O) groups excluding carboxylic acids is 3. The molecule has 3 amide bonds. The number of aliphatic imine (C=N–C) groups is 1. The van der Waals surface area contributed by atoms with E-state index in [0.717, 1.165) is 0 Å². The Morgan fingerprint density at radius 3 is 2.13 bits per heavy atom. The molecular formula is C18H35N7O5S. The zero-order valence-electron chi connectivity index (χ0n) is 18.1. The van der Waals surface area contributed by atoms with Gasteiger partial charge in [0.2, 0.25) is 17.7 Å². The van der Waals surface area contributed by atoms with Gasteiger partial charge in [0.15, 0.2) is 5.96 Å². The molecule has 0 fully saturated rings. The number of hydrogen-bond acceptors (Lipinski definition) is 7. The molecule has 5 atom stereocenters. The van der Waals surface area contributed by atoms with Crippen molar-refractivity contribution >= 4 is 42.3 Å². The highest BCUT2D eigenvalue weighted by Crippen LogP contribution is 2.09. The lowest BCUT2D eigenvalue weighted by Crippen LogP contribution is -2.58. The molecule has 0 aromatic rings. The molecule has 0 heterocycles. The van der Waals surface area contributed by atoms with Gasteiger partial charge in [0.25, 0.3) is 0 Å². The van der Waals surface area contributed by atoms with E-state index in [2.05, 4.69) is 33.6 Å². The quantitative estimate of drug-likeness (QED) is 0.0619. The van der Waals surface area contributed by atoms with Crippen LogP contribution in [-0.4, -0.2) is 71.2 Å². The maximum Gasteiger partial charge on any atom is 0.327 e. The number of guanidine groups is 1. The van der Waals surface area contributed by atoms with Gasteiger partial charge >= 0.3 is 5.97 Å². The Bertz CT molecular complexity index is 657. The van der Waals surface area contributed by atoms with Crippen molar-refractivity contribution in [1.29, 1.82) is 0 Å². The predicted octanol–water partition coefficient (Wildman–Crippen LogP) is -2.10. The summed E-state index contributed by atoms with van der Waals surface area (Å²) in [6.45, 7) is 5.37. The van der Waals surface area contributed by atoms with Gasteiger partial charge in [-0.2, -0.15) is 12.6 Å². The lowest BCUT2D eigenvalue weighted by atomic mass is 9.97. The zero-order chi connectivity index (χ0) is 24.1. The summed E-state index contributed by atoms with van der Waals surface area (Å²) in [6.07, 6.45) is 1.38. The molecule has 0 spiro atoms. The molecule has 0 saturated carbocycles. The van der Waals surface area contributed by atoms with Gasteiger partial charge in [-0.05, 0) is 25.7 Å². The molecule has 0 aliphatic rings. The van der Waals surface area contributed by atoms with E-state index in [1.54, 1.807) is 6.92 Å². The van der Waals surface area contributed by atoms with Crippen molar-refractivity contribution in [3.8, 4) is 0 Å². The Balaban J connectivity index is 4.96. The van der Waals surface area contributed by atoms with Crippen LogP contribution in [0.4, 0.5) is 0 Å². The lowest BCUT2D eigenvalue weighted by Gasteiger charge is -2.26. The number of aliphatic carboxylic acids is 1. The molecule has 0 aliphatic heterocycles. The number of amides is 3. The zero-order valence-corrected chi connectivity index (χ0v) is 19.0. The van der Waals surface area contributed by atoms with Crippen LogP contribution in [0.5, 0.6) is 0 Å². The van der Waals surface area contributed by atoms with Crippen LogP contribution < -0.4 is 33.2 Å². The Morgan fingerprint density at radius 1 is 1.03 bits per heavy atom. The minimum Gasteiger partial charge on any atom is -0.480 e. The first-order valence-electron chi connectivity index (χ1n) is 10.00. The van der Waals surface area contributed by atoms with Gasteiger partial charge in [-0.15, -0.1) is 0 Å². The van der Waals surface area contributed by atoms with Crippen LogP contribution in [-0.2, 0) is 19.2 Å². The Labute approximate surface area is 187 Å². The summed E-state index contributed by atoms with van der Waals surface area (Å²) in [5.41, 5.74) is 16.4. The topological polar surface area (TPSA) is 215 Å². The normalized spacial score (nSPS) is 15.5. The number of nitrogens with two attached hydrogens (primary N) is 3. The summed E-state index contributed by atoms with van der Waals surface area (Å²) >= 11 is 3.88. The fraction of sp³-hybridized carbons (Fsp3) is 0.722. The molecule has 0 aromatic carbocycles. The monoisotopic (exact) mass is 461 g/mol. The number of thiol groups is 1. The SMILES string of the molecule is CCC(C)C(NC(=O)C(N)CCCN=C(N)N)C(=O)NC(C)C(=O)NC(CS)C(=O)O. The van der Waals surface area contributed by atoms with Crippen molar-refractivity contribution < 1.29 is 24.3 Å². The van der Waals surface area contributed by atoms with Gasteiger partial charge in [0.1, 0.15) is 18.1 Å². The molecule has 178 valence electrons. The predicted molar refractivity (Wildman–Crippen MR) is 120 cm³/mol. The molecule has 0 rings (SSSR count). The molecule has 0 radical (unpaired) electrons. The highest BCUT2D eigenvalue weighted by molar-refractivity contribution is 7.80. The first kappa shape index (κ1) is 28.5. The fourth-order valence-electron chi connectivity index (χ4n) is 2.46. The number of carboxylic acids is 1. The smallest absolute Gasteiger partial charge is 0.327 e. The van der Waals surface area contributed by atoms with Crippen LogP contribution in [0, 0.1) is 5.92 Å². The van der Waals surface area contributed by atoms with Crippen molar-refractivity contribution in [2.24, 2.45) is 28.1 Å². The molecular weight excluding hydrogens is 426 g/mol. The second-order valence-corrected chi connectivity index (χ2v) is 7.60. The molecule has 0 aromatic heterocycles. The number of carboxylic acid groups (broad SMARTS) is 1. The summed E-state index contributed by atoms with van der Waals surface area (Å²) in [7, 11) is 0. The third-order valence-corrected chi connectivity index (χ3v) is 5.01. The number of hydrogen-bond donors (Lipinski definition) is 8. The largest absolute Gasteiger partial charge is 0.480 e. The number of nitrogens with zero attached hydrogens (tertiary/aromatic N) is 1. The van der Waals surface area contributed by atoms with E-state index < -0.39 is 47.9 Å². The summed E-state index contributed by atoms with van der Waals surface area (Å²) < 4.78 is 0. The van der Waals surface area contributed by atoms with Crippen molar-refractivity contribution in [3.63, 3.8) is 0 Å². The maximum absolute atomic E-state index is 12.7. The molecule has 31 heavy (non-hydrogen) atoms. The summed E-state index contributed by atoms with van der Waals surface area (Å²) in [4.78, 5) is 52.2.